The summed E-state index contributed by atoms with van der Waals surface area (Å²) in [4.78, 5) is 3.93. The van der Waals surface area contributed by atoms with E-state index in [1.807, 2.05) is 0 Å². The second kappa shape index (κ2) is 6.99. The molecule has 0 saturated heterocycles. The standard InChI is InChI=1S/C16H25FN2/c1-12(14-7-5-3-4-6-8-14)19-13(2)15-9-16(17)11-18-10-15/h9-14,19H,3-8H2,1-2H3/t12-,13?/m1/s1. The Bertz CT molecular complexity index is 386. The Morgan fingerprint density at radius 1 is 1.16 bits per heavy atom. The lowest BCUT2D eigenvalue weighted by Crippen LogP contribution is -2.35. The molecule has 3 heteroatoms. The van der Waals surface area contributed by atoms with Crippen LogP contribution in [0.5, 0.6) is 0 Å². The van der Waals surface area contributed by atoms with Crippen molar-refractivity contribution in [1.82, 2.24) is 10.3 Å². The van der Waals surface area contributed by atoms with Crippen molar-refractivity contribution in [1.29, 1.82) is 0 Å². The molecule has 1 saturated carbocycles. The lowest BCUT2D eigenvalue weighted by molar-refractivity contribution is 0.316. The molecule has 2 nitrogen and oxygen atoms in total. The van der Waals surface area contributed by atoms with Gasteiger partial charge in [-0.25, -0.2) is 4.39 Å². The predicted molar refractivity (Wildman–Crippen MR) is 76.4 cm³/mol. The molecule has 2 atom stereocenters. The molecule has 1 heterocycles. The maximum absolute atomic E-state index is 13.2. The maximum Gasteiger partial charge on any atom is 0.141 e. The normalized spacial score (nSPS) is 20.8. The first-order valence-corrected chi connectivity index (χ1v) is 7.53. The lowest BCUT2D eigenvalue weighted by atomic mass is 9.92. The van der Waals surface area contributed by atoms with Crippen molar-refractivity contribution in [3.8, 4) is 0 Å². The summed E-state index contributed by atoms with van der Waals surface area (Å²) in [5.74, 6) is 0.500. The zero-order chi connectivity index (χ0) is 13.7. The van der Waals surface area contributed by atoms with Gasteiger partial charge in [-0.05, 0) is 44.2 Å². The van der Waals surface area contributed by atoms with E-state index in [0.29, 0.717) is 6.04 Å². The molecule has 2 rings (SSSR count). The van der Waals surface area contributed by atoms with Crippen LogP contribution in [0.3, 0.4) is 0 Å². The van der Waals surface area contributed by atoms with Crippen molar-refractivity contribution in [2.75, 3.05) is 0 Å². The van der Waals surface area contributed by atoms with E-state index in [9.17, 15) is 4.39 Å². The molecule has 0 radical (unpaired) electrons. The van der Waals surface area contributed by atoms with Crippen LogP contribution in [-0.4, -0.2) is 11.0 Å². The van der Waals surface area contributed by atoms with Gasteiger partial charge in [0.05, 0.1) is 6.20 Å². The van der Waals surface area contributed by atoms with E-state index < -0.39 is 0 Å². The van der Waals surface area contributed by atoms with E-state index in [1.54, 1.807) is 12.3 Å². The molecule has 106 valence electrons. The number of nitrogens with one attached hydrogen (secondary N) is 1. The molecule has 0 aromatic carbocycles. The van der Waals surface area contributed by atoms with Crippen LogP contribution in [0.2, 0.25) is 0 Å². The average Bonchev–Trinajstić information content (AvgIpc) is 2.67. The van der Waals surface area contributed by atoms with Gasteiger partial charge in [-0.15, -0.1) is 0 Å². The van der Waals surface area contributed by atoms with Crippen molar-refractivity contribution in [3.05, 3.63) is 29.8 Å². The minimum Gasteiger partial charge on any atom is -0.307 e. The minimum atomic E-state index is -0.256. The number of hydrogen-bond donors (Lipinski definition) is 1. The minimum absolute atomic E-state index is 0.154. The molecular formula is C16H25FN2. The van der Waals surface area contributed by atoms with Gasteiger partial charge >= 0.3 is 0 Å². The van der Waals surface area contributed by atoms with Crippen LogP contribution in [-0.2, 0) is 0 Å². The Morgan fingerprint density at radius 2 is 1.84 bits per heavy atom. The summed E-state index contributed by atoms with van der Waals surface area (Å²) in [5.41, 5.74) is 0.931. The van der Waals surface area contributed by atoms with Crippen LogP contribution in [0.15, 0.2) is 18.5 Å². The van der Waals surface area contributed by atoms with E-state index in [2.05, 4.69) is 24.1 Å². The number of rotatable bonds is 4. The maximum atomic E-state index is 13.2. The largest absolute Gasteiger partial charge is 0.307 e. The number of pyridine rings is 1. The van der Waals surface area contributed by atoms with Gasteiger partial charge in [0.25, 0.3) is 0 Å². The SMILES string of the molecule is CC(N[C@H](C)C1CCCCCC1)c1cncc(F)c1. The van der Waals surface area contributed by atoms with E-state index in [-0.39, 0.29) is 11.9 Å². The van der Waals surface area contributed by atoms with Gasteiger partial charge in [0.15, 0.2) is 0 Å². The summed E-state index contributed by atoms with van der Waals surface area (Å²) in [6, 6.07) is 2.21. The summed E-state index contributed by atoms with van der Waals surface area (Å²) in [7, 11) is 0. The number of halogens is 1. The average molecular weight is 264 g/mol. The molecule has 0 aliphatic heterocycles. The zero-order valence-electron chi connectivity index (χ0n) is 12.0. The first-order valence-electron chi connectivity index (χ1n) is 7.53. The zero-order valence-corrected chi connectivity index (χ0v) is 12.0. The third-order valence-electron chi connectivity index (χ3n) is 4.35. The van der Waals surface area contributed by atoms with Crippen LogP contribution in [0.4, 0.5) is 4.39 Å². The van der Waals surface area contributed by atoms with Crippen molar-refractivity contribution >= 4 is 0 Å². The fourth-order valence-corrected chi connectivity index (χ4v) is 3.10. The summed E-state index contributed by atoms with van der Waals surface area (Å²) < 4.78 is 13.2. The van der Waals surface area contributed by atoms with Crippen molar-refractivity contribution in [2.45, 2.75) is 64.5 Å². The van der Waals surface area contributed by atoms with E-state index in [0.717, 1.165) is 11.5 Å². The molecule has 1 aliphatic carbocycles. The third kappa shape index (κ3) is 4.27. The quantitative estimate of drug-likeness (QED) is 0.823. The van der Waals surface area contributed by atoms with Crippen LogP contribution in [0.25, 0.3) is 0 Å². The predicted octanol–water partition coefficient (Wildman–Crippen LogP) is 4.23. The van der Waals surface area contributed by atoms with Gasteiger partial charge < -0.3 is 5.32 Å². The highest BCUT2D eigenvalue weighted by molar-refractivity contribution is 5.14. The second-order valence-corrected chi connectivity index (χ2v) is 5.87. The van der Waals surface area contributed by atoms with Gasteiger partial charge in [-0.3, -0.25) is 4.98 Å². The lowest BCUT2D eigenvalue weighted by Gasteiger charge is -2.27. The third-order valence-corrected chi connectivity index (χ3v) is 4.35. The van der Waals surface area contributed by atoms with E-state index in [4.69, 9.17) is 0 Å². The van der Waals surface area contributed by atoms with Gasteiger partial charge in [0, 0.05) is 18.3 Å². The topological polar surface area (TPSA) is 24.9 Å². The number of hydrogen-bond acceptors (Lipinski definition) is 2. The molecule has 1 fully saturated rings. The fraction of sp³-hybridized carbons (Fsp3) is 0.688. The van der Waals surface area contributed by atoms with Crippen LogP contribution in [0, 0.1) is 11.7 Å². The summed E-state index contributed by atoms with van der Waals surface area (Å²) in [6.45, 7) is 4.35. The van der Waals surface area contributed by atoms with Crippen LogP contribution in [0.1, 0.15) is 64.0 Å². The molecule has 0 spiro atoms. The van der Waals surface area contributed by atoms with Crippen LogP contribution >= 0.6 is 0 Å². The molecule has 0 amide bonds. The molecule has 19 heavy (non-hydrogen) atoms. The second-order valence-electron chi connectivity index (χ2n) is 5.87. The molecule has 1 N–H and O–H groups in total. The monoisotopic (exact) mass is 264 g/mol. The smallest absolute Gasteiger partial charge is 0.141 e. The fourth-order valence-electron chi connectivity index (χ4n) is 3.10. The van der Waals surface area contributed by atoms with Gasteiger partial charge in [-0.1, -0.05) is 25.7 Å². The first-order chi connectivity index (χ1) is 9.16. The van der Waals surface area contributed by atoms with Gasteiger partial charge in [0.2, 0.25) is 0 Å². The van der Waals surface area contributed by atoms with Crippen LogP contribution < -0.4 is 5.32 Å². The number of aromatic nitrogens is 1. The molecule has 1 aromatic heterocycles. The highest BCUT2D eigenvalue weighted by atomic mass is 19.1. The van der Waals surface area contributed by atoms with Crippen molar-refractivity contribution < 1.29 is 4.39 Å². The molecular weight excluding hydrogens is 239 g/mol. The summed E-state index contributed by atoms with van der Waals surface area (Å²) in [6.07, 6.45) is 11.1. The first kappa shape index (κ1) is 14.4. The molecule has 1 unspecified atom stereocenters. The highest BCUT2D eigenvalue weighted by Gasteiger charge is 2.20. The molecule has 0 bridgehead atoms. The Kier molecular flexibility index (Phi) is 5.32. The molecule has 1 aliphatic rings. The Labute approximate surface area is 115 Å². The Balaban J connectivity index is 1.92. The van der Waals surface area contributed by atoms with E-state index in [1.165, 1.54) is 44.7 Å². The Hall–Kier alpha value is -0.960. The Morgan fingerprint density at radius 3 is 2.47 bits per heavy atom. The van der Waals surface area contributed by atoms with Gasteiger partial charge in [-0.2, -0.15) is 0 Å². The summed E-state index contributed by atoms with van der Waals surface area (Å²) in [5, 5.41) is 3.61. The van der Waals surface area contributed by atoms with E-state index >= 15 is 0 Å². The van der Waals surface area contributed by atoms with Gasteiger partial charge in [0.1, 0.15) is 5.82 Å². The van der Waals surface area contributed by atoms with Crippen molar-refractivity contribution in [3.63, 3.8) is 0 Å². The van der Waals surface area contributed by atoms with Crippen molar-refractivity contribution in [2.24, 2.45) is 5.92 Å². The number of nitrogens with zero attached hydrogens (tertiary/aromatic N) is 1. The summed E-state index contributed by atoms with van der Waals surface area (Å²) >= 11 is 0. The highest BCUT2D eigenvalue weighted by Crippen LogP contribution is 2.26. The molecule has 1 aromatic rings.